The number of nitro benzene ring substituents is 1. The molecule has 2 rings (SSSR count). The van der Waals surface area contributed by atoms with Crippen molar-refractivity contribution < 1.29 is 19.2 Å². The number of nitro groups is 1. The summed E-state index contributed by atoms with van der Waals surface area (Å²) in [5, 5.41) is 20.0. The number of carboxylic acid groups (broad SMARTS) is 1. The summed E-state index contributed by atoms with van der Waals surface area (Å²) < 4.78 is 13.6. The monoisotopic (exact) mass is 282 g/mol. The van der Waals surface area contributed by atoms with E-state index >= 15 is 0 Å². The number of halogens is 1. The molecule has 0 aliphatic carbocycles. The first-order chi connectivity index (χ1) is 9.40. The van der Waals surface area contributed by atoms with Crippen molar-refractivity contribution in [3.05, 3.63) is 33.6 Å². The molecule has 0 atom stereocenters. The van der Waals surface area contributed by atoms with Crippen molar-refractivity contribution in [2.24, 2.45) is 5.92 Å². The maximum absolute atomic E-state index is 13.6. The zero-order chi connectivity index (χ0) is 14.9. The van der Waals surface area contributed by atoms with Gasteiger partial charge in [-0.15, -0.1) is 0 Å². The fourth-order valence-corrected chi connectivity index (χ4v) is 2.36. The Hall–Kier alpha value is -2.18. The zero-order valence-corrected chi connectivity index (χ0v) is 11.0. The van der Waals surface area contributed by atoms with Crippen LogP contribution in [0.25, 0.3) is 0 Å². The summed E-state index contributed by atoms with van der Waals surface area (Å²) in [4.78, 5) is 23.1. The van der Waals surface area contributed by atoms with E-state index in [4.69, 9.17) is 5.11 Å². The van der Waals surface area contributed by atoms with Gasteiger partial charge < -0.3 is 10.0 Å². The Bertz CT molecular complexity index is 554. The maximum atomic E-state index is 13.6. The number of nitrogens with zero attached hydrogens (tertiary/aromatic N) is 2. The lowest BCUT2D eigenvalue weighted by Crippen LogP contribution is -2.33. The van der Waals surface area contributed by atoms with E-state index in [1.54, 1.807) is 4.90 Å². The Morgan fingerprint density at radius 3 is 2.55 bits per heavy atom. The lowest BCUT2D eigenvalue weighted by molar-refractivity contribution is -0.384. The Labute approximate surface area is 115 Å². The second-order valence-corrected chi connectivity index (χ2v) is 5.05. The van der Waals surface area contributed by atoms with Crippen molar-refractivity contribution >= 4 is 17.3 Å². The third kappa shape index (κ3) is 2.71. The van der Waals surface area contributed by atoms with Crippen LogP contribution in [0, 0.1) is 21.8 Å². The Kier molecular flexibility index (Phi) is 3.87. The summed E-state index contributed by atoms with van der Waals surface area (Å²) in [5.41, 5.74) is -0.744. The molecule has 1 aliphatic heterocycles. The summed E-state index contributed by atoms with van der Waals surface area (Å²) in [5.74, 6) is -1.98. The van der Waals surface area contributed by atoms with Crippen molar-refractivity contribution in [1.29, 1.82) is 0 Å². The van der Waals surface area contributed by atoms with E-state index in [2.05, 4.69) is 6.92 Å². The van der Waals surface area contributed by atoms with Gasteiger partial charge in [0.15, 0.2) is 0 Å². The minimum Gasteiger partial charge on any atom is -0.478 e. The van der Waals surface area contributed by atoms with Gasteiger partial charge in [0.1, 0.15) is 11.5 Å². The minimum atomic E-state index is -1.43. The fourth-order valence-electron chi connectivity index (χ4n) is 2.36. The lowest BCUT2D eigenvalue weighted by atomic mass is 9.98. The largest absolute Gasteiger partial charge is 0.478 e. The highest BCUT2D eigenvalue weighted by Gasteiger charge is 2.27. The van der Waals surface area contributed by atoms with Crippen LogP contribution in [-0.4, -0.2) is 29.1 Å². The molecular weight excluding hydrogens is 267 g/mol. The van der Waals surface area contributed by atoms with Crippen molar-refractivity contribution in [3.8, 4) is 0 Å². The first kappa shape index (κ1) is 14.2. The number of piperidine rings is 1. The quantitative estimate of drug-likeness (QED) is 0.680. The average Bonchev–Trinajstić information content (AvgIpc) is 2.39. The van der Waals surface area contributed by atoms with Crippen LogP contribution in [-0.2, 0) is 0 Å². The second-order valence-electron chi connectivity index (χ2n) is 5.05. The molecule has 1 aliphatic rings. The molecule has 0 bridgehead atoms. The van der Waals surface area contributed by atoms with Gasteiger partial charge in [0, 0.05) is 13.1 Å². The van der Waals surface area contributed by atoms with E-state index in [0.29, 0.717) is 25.1 Å². The molecule has 0 saturated carbocycles. The molecule has 1 heterocycles. The fraction of sp³-hybridized carbons (Fsp3) is 0.462. The molecule has 0 spiro atoms. The molecular formula is C13H15FN2O4. The van der Waals surface area contributed by atoms with Crippen LogP contribution < -0.4 is 4.90 Å². The first-order valence-electron chi connectivity index (χ1n) is 6.36. The van der Waals surface area contributed by atoms with Gasteiger partial charge in [-0.1, -0.05) is 6.92 Å². The van der Waals surface area contributed by atoms with E-state index in [-0.39, 0.29) is 11.4 Å². The topological polar surface area (TPSA) is 83.7 Å². The van der Waals surface area contributed by atoms with Crippen LogP contribution in [0.4, 0.5) is 15.8 Å². The molecule has 7 heteroatoms. The normalized spacial score (nSPS) is 16.2. The lowest BCUT2D eigenvalue weighted by Gasteiger charge is -2.31. The third-order valence-corrected chi connectivity index (χ3v) is 3.62. The van der Waals surface area contributed by atoms with E-state index in [1.165, 1.54) is 0 Å². The first-order valence-corrected chi connectivity index (χ1v) is 6.36. The summed E-state index contributed by atoms with van der Waals surface area (Å²) in [6.07, 6.45) is 1.74. The molecule has 0 aromatic heterocycles. The predicted octanol–water partition coefficient (Wildman–Crippen LogP) is 2.67. The van der Waals surface area contributed by atoms with Gasteiger partial charge in [0.05, 0.1) is 16.6 Å². The molecule has 1 N–H and O–H groups in total. The SMILES string of the molecule is CC1CCN(c2cc(C(=O)O)c(F)cc2[N+](=O)[O-])CC1. The number of carboxylic acids is 1. The average molecular weight is 282 g/mol. The van der Waals surface area contributed by atoms with Gasteiger partial charge >= 0.3 is 5.97 Å². The Morgan fingerprint density at radius 1 is 1.45 bits per heavy atom. The molecule has 0 radical (unpaired) electrons. The van der Waals surface area contributed by atoms with Gasteiger partial charge in [0.2, 0.25) is 0 Å². The molecule has 20 heavy (non-hydrogen) atoms. The summed E-state index contributed by atoms with van der Waals surface area (Å²) in [6, 6.07) is 1.75. The molecule has 1 fully saturated rings. The number of benzene rings is 1. The molecule has 0 unspecified atom stereocenters. The van der Waals surface area contributed by atoms with Crippen LogP contribution in [0.5, 0.6) is 0 Å². The highest BCUT2D eigenvalue weighted by atomic mass is 19.1. The van der Waals surface area contributed by atoms with Crippen molar-refractivity contribution in [3.63, 3.8) is 0 Å². The zero-order valence-electron chi connectivity index (χ0n) is 11.0. The summed E-state index contributed by atoms with van der Waals surface area (Å²) in [7, 11) is 0. The number of hydrogen-bond acceptors (Lipinski definition) is 4. The second kappa shape index (κ2) is 5.44. The number of hydrogen-bond donors (Lipinski definition) is 1. The summed E-state index contributed by atoms with van der Waals surface area (Å²) >= 11 is 0. The van der Waals surface area contributed by atoms with Crippen LogP contribution in [0.15, 0.2) is 12.1 Å². The van der Waals surface area contributed by atoms with Crippen LogP contribution in [0.2, 0.25) is 0 Å². The van der Waals surface area contributed by atoms with Gasteiger partial charge in [-0.3, -0.25) is 10.1 Å². The number of anilines is 1. The van der Waals surface area contributed by atoms with Gasteiger partial charge in [0.25, 0.3) is 5.69 Å². The van der Waals surface area contributed by atoms with Crippen LogP contribution >= 0.6 is 0 Å². The molecule has 108 valence electrons. The van der Waals surface area contributed by atoms with Crippen molar-refractivity contribution in [2.75, 3.05) is 18.0 Å². The molecule has 1 aromatic carbocycles. The standard InChI is InChI=1S/C13H15FN2O4/c1-8-2-4-15(5-3-8)11-6-9(13(17)18)10(14)7-12(11)16(19)20/h6-8H,2-5H2,1H3,(H,17,18). The highest BCUT2D eigenvalue weighted by molar-refractivity contribution is 5.90. The van der Waals surface area contributed by atoms with Gasteiger partial charge in [-0.25, -0.2) is 9.18 Å². The van der Waals surface area contributed by atoms with Crippen LogP contribution in [0.3, 0.4) is 0 Å². The highest BCUT2D eigenvalue weighted by Crippen LogP contribution is 2.33. The minimum absolute atomic E-state index is 0.181. The number of rotatable bonds is 3. The number of aromatic carboxylic acids is 1. The van der Waals surface area contributed by atoms with Crippen molar-refractivity contribution in [1.82, 2.24) is 0 Å². The van der Waals surface area contributed by atoms with E-state index in [1.807, 2.05) is 0 Å². The molecule has 1 aromatic rings. The smallest absolute Gasteiger partial charge is 0.338 e. The van der Waals surface area contributed by atoms with Gasteiger partial charge in [-0.05, 0) is 24.8 Å². The third-order valence-electron chi connectivity index (χ3n) is 3.62. The summed E-state index contributed by atoms with van der Waals surface area (Å²) in [6.45, 7) is 3.30. The Morgan fingerprint density at radius 2 is 2.05 bits per heavy atom. The van der Waals surface area contributed by atoms with E-state index < -0.39 is 22.3 Å². The molecule has 1 saturated heterocycles. The van der Waals surface area contributed by atoms with Gasteiger partial charge in [-0.2, -0.15) is 0 Å². The maximum Gasteiger partial charge on any atom is 0.338 e. The molecule has 6 nitrogen and oxygen atoms in total. The van der Waals surface area contributed by atoms with Crippen molar-refractivity contribution in [2.45, 2.75) is 19.8 Å². The van der Waals surface area contributed by atoms with E-state index in [9.17, 15) is 19.3 Å². The van der Waals surface area contributed by atoms with E-state index in [0.717, 1.165) is 18.9 Å². The Balaban J connectivity index is 2.46. The molecule has 0 amide bonds. The number of carbonyl (C=O) groups is 1. The van der Waals surface area contributed by atoms with Crippen LogP contribution in [0.1, 0.15) is 30.1 Å². The predicted molar refractivity (Wildman–Crippen MR) is 70.6 cm³/mol.